The number of carbonyl (C=O) groups is 2. The highest BCUT2D eigenvalue weighted by Crippen LogP contribution is 2.31. The quantitative estimate of drug-likeness (QED) is 0.671. The number of carboxylic acid groups (broad SMARTS) is 1. The minimum Gasteiger partial charge on any atom is -0.480 e. The highest BCUT2D eigenvalue weighted by atomic mass is 16.4. The predicted octanol–water partition coefficient (Wildman–Crippen LogP) is 0.693. The molecule has 6 heteroatoms. The van der Waals surface area contributed by atoms with Gasteiger partial charge in [-0.15, -0.1) is 0 Å². The molecule has 0 radical (unpaired) electrons. The minimum absolute atomic E-state index is 0.0277. The van der Waals surface area contributed by atoms with Crippen molar-refractivity contribution < 1.29 is 19.8 Å². The highest BCUT2D eigenvalue weighted by molar-refractivity contribution is 5.93. The number of carboxylic acids is 1. The van der Waals surface area contributed by atoms with E-state index in [2.05, 4.69) is 5.32 Å². The van der Waals surface area contributed by atoms with Crippen LogP contribution >= 0.6 is 0 Å². The number of rotatable bonds is 6. The lowest BCUT2D eigenvalue weighted by Gasteiger charge is -2.16. The number of hydrogen-bond donors (Lipinski definition) is 3. The lowest BCUT2D eigenvalue weighted by molar-refractivity contribution is -0.136. The van der Waals surface area contributed by atoms with Crippen LogP contribution in [0.3, 0.4) is 0 Å². The maximum Gasteiger partial charge on any atom is 0.317 e. The van der Waals surface area contributed by atoms with Crippen molar-refractivity contribution in [3.8, 4) is 0 Å². The molecule has 0 saturated carbocycles. The Hall–Kier alpha value is -1.92. The van der Waals surface area contributed by atoms with Crippen molar-refractivity contribution >= 4 is 17.6 Å². The third-order valence-electron chi connectivity index (χ3n) is 3.63. The van der Waals surface area contributed by atoms with Gasteiger partial charge in [0.2, 0.25) is 5.91 Å². The minimum atomic E-state index is -0.911. The van der Waals surface area contributed by atoms with E-state index < -0.39 is 12.1 Å². The number of amides is 1. The van der Waals surface area contributed by atoms with Crippen molar-refractivity contribution in [3.05, 3.63) is 29.3 Å². The molecule has 2 rings (SSSR count). The summed E-state index contributed by atoms with van der Waals surface area (Å²) in [6.07, 6.45) is 0.609. The number of benzene rings is 1. The fourth-order valence-electron chi connectivity index (χ4n) is 2.56. The van der Waals surface area contributed by atoms with Crippen LogP contribution < -0.4 is 10.2 Å². The van der Waals surface area contributed by atoms with E-state index in [9.17, 15) is 14.7 Å². The lowest BCUT2D eigenvalue weighted by Crippen LogP contribution is -2.25. The molecule has 3 N–H and O–H groups in total. The lowest BCUT2D eigenvalue weighted by atomic mass is 10.0. The Bertz CT molecular complexity index is 544. The molecule has 0 fully saturated rings. The predicted molar refractivity (Wildman–Crippen MR) is 78.3 cm³/mol. The average molecular weight is 292 g/mol. The third-order valence-corrected chi connectivity index (χ3v) is 3.63. The smallest absolute Gasteiger partial charge is 0.317 e. The van der Waals surface area contributed by atoms with Gasteiger partial charge in [-0.05, 0) is 36.6 Å². The number of aliphatic carboxylic acids is 1. The molecular weight excluding hydrogens is 272 g/mol. The molecule has 1 aromatic rings. The summed E-state index contributed by atoms with van der Waals surface area (Å²) in [7, 11) is 0. The zero-order valence-corrected chi connectivity index (χ0v) is 12.0. The van der Waals surface area contributed by atoms with Crippen molar-refractivity contribution in [1.82, 2.24) is 5.32 Å². The number of aliphatic hydroxyl groups excluding tert-OH is 1. The zero-order valence-electron chi connectivity index (χ0n) is 12.0. The Morgan fingerprint density at radius 2 is 2.19 bits per heavy atom. The van der Waals surface area contributed by atoms with Gasteiger partial charge in [0.1, 0.15) is 0 Å². The second-order valence-electron chi connectivity index (χ2n) is 5.18. The summed E-state index contributed by atoms with van der Waals surface area (Å²) in [6.45, 7) is 2.56. The fraction of sp³-hybridized carbons (Fsp3) is 0.467. The van der Waals surface area contributed by atoms with Crippen LogP contribution in [0.5, 0.6) is 0 Å². The van der Waals surface area contributed by atoms with Crippen molar-refractivity contribution in [2.24, 2.45) is 0 Å². The van der Waals surface area contributed by atoms with Gasteiger partial charge < -0.3 is 20.4 Å². The topological polar surface area (TPSA) is 89.9 Å². The molecule has 0 aliphatic carbocycles. The maximum absolute atomic E-state index is 11.5. The second-order valence-corrected chi connectivity index (χ2v) is 5.18. The molecule has 0 saturated heterocycles. The van der Waals surface area contributed by atoms with Crippen molar-refractivity contribution in [1.29, 1.82) is 0 Å². The molecule has 1 aromatic carbocycles. The van der Waals surface area contributed by atoms with E-state index in [0.29, 0.717) is 19.5 Å². The second kappa shape index (κ2) is 6.69. The number of anilines is 1. The molecule has 1 amide bonds. The number of carbonyl (C=O) groups excluding carboxylic acids is 1. The van der Waals surface area contributed by atoms with Crippen LogP contribution in [0, 0.1) is 0 Å². The summed E-state index contributed by atoms with van der Waals surface area (Å²) in [5, 5.41) is 21.4. The first-order chi connectivity index (χ1) is 9.99. The summed E-state index contributed by atoms with van der Waals surface area (Å²) in [5.74, 6) is -0.883. The molecule has 114 valence electrons. The Kier molecular flexibility index (Phi) is 4.93. The van der Waals surface area contributed by atoms with Gasteiger partial charge in [0.25, 0.3) is 0 Å². The van der Waals surface area contributed by atoms with Gasteiger partial charge in [-0.3, -0.25) is 9.59 Å². The van der Waals surface area contributed by atoms with Crippen molar-refractivity contribution in [2.45, 2.75) is 25.9 Å². The van der Waals surface area contributed by atoms with Gasteiger partial charge in [0.05, 0.1) is 12.6 Å². The van der Waals surface area contributed by atoms with Gasteiger partial charge in [0.15, 0.2) is 0 Å². The van der Waals surface area contributed by atoms with Crippen LogP contribution in [0.25, 0.3) is 0 Å². The number of nitrogens with one attached hydrogen (secondary N) is 1. The number of nitrogens with zero attached hydrogens (tertiary/aromatic N) is 1. The van der Waals surface area contributed by atoms with Crippen LogP contribution in [-0.2, 0) is 16.0 Å². The number of aliphatic hydroxyl groups is 1. The monoisotopic (exact) mass is 292 g/mol. The van der Waals surface area contributed by atoms with E-state index in [4.69, 9.17) is 5.11 Å². The summed E-state index contributed by atoms with van der Waals surface area (Å²) < 4.78 is 0. The van der Waals surface area contributed by atoms with E-state index in [0.717, 1.165) is 23.2 Å². The van der Waals surface area contributed by atoms with Gasteiger partial charge in [-0.25, -0.2) is 0 Å². The first-order valence-corrected chi connectivity index (χ1v) is 7.00. The zero-order chi connectivity index (χ0) is 15.4. The Morgan fingerprint density at radius 3 is 2.86 bits per heavy atom. The Balaban J connectivity index is 1.96. The van der Waals surface area contributed by atoms with Gasteiger partial charge in [-0.1, -0.05) is 12.1 Å². The standard InChI is InChI=1S/C15H20N2O4/c1-10(18)17-7-5-11-8-12(2-3-13(11)17)14(19)4-6-16-9-15(20)21/h2-3,8,14,16,19H,4-7,9H2,1H3,(H,20,21). The molecule has 0 bridgehead atoms. The molecule has 0 aromatic heterocycles. The molecule has 21 heavy (non-hydrogen) atoms. The van der Waals surface area contributed by atoms with Crippen LogP contribution in [0.15, 0.2) is 18.2 Å². The van der Waals surface area contributed by atoms with Crippen LogP contribution in [0.1, 0.15) is 30.6 Å². The molecule has 1 heterocycles. The highest BCUT2D eigenvalue weighted by Gasteiger charge is 2.23. The first kappa shape index (κ1) is 15.5. The average Bonchev–Trinajstić information content (AvgIpc) is 2.86. The molecule has 1 aliphatic rings. The summed E-state index contributed by atoms with van der Waals surface area (Å²) in [6, 6.07) is 5.62. The summed E-state index contributed by atoms with van der Waals surface area (Å²) >= 11 is 0. The van der Waals surface area contributed by atoms with Gasteiger partial charge in [0, 0.05) is 19.2 Å². The van der Waals surface area contributed by atoms with Crippen LogP contribution in [0.4, 0.5) is 5.69 Å². The maximum atomic E-state index is 11.5. The van der Waals surface area contributed by atoms with E-state index in [1.807, 2.05) is 18.2 Å². The van der Waals surface area contributed by atoms with E-state index in [1.165, 1.54) is 0 Å². The van der Waals surface area contributed by atoms with Crippen molar-refractivity contribution in [2.75, 3.05) is 24.5 Å². The molecule has 0 spiro atoms. The van der Waals surface area contributed by atoms with Crippen molar-refractivity contribution in [3.63, 3.8) is 0 Å². The fourth-order valence-corrected chi connectivity index (χ4v) is 2.56. The van der Waals surface area contributed by atoms with Gasteiger partial charge >= 0.3 is 5.97 Å². The summed E-state index contributed by atoms with van der Waals surface area (Å²) in [5.41, 5.74) is 2.79. The molecule has 6 nitrogen and oxygen atoms in total. The van der Waals surface area contributed by atoms with Gasteiger partial charge in [-0.2, -0.15) is 0 Å². The Labute approximate surface area is 123 Å². The normalized spacial score (nSPS) is 14.9. The molecular formula is C15H20N2O4. The molecule has 1 aliphatic heterocycles. The van der Waals surface area contributed by atoms with E-state index in [-0.39, 0.29) is 12.5 Å². The van der Waals surface area contributed by atoms with E-state index in [1.54, 1.807) is 11.8 Å². The Morgan fingerprint density at radius 1 is 1.43 bits per heavy atom. The first-order valence-electron chi connectivity index (χ1n) is 7.00. The largest absolute Gasteiger partial charge is 0.480 e. The summed E-state index contributed by atoms with van der Waals surface area (Å²) in [4.78, 5) is 23.6. The third kappa shape index (κ3) is 3.80. The van der Waals surface area contributed by atoms with Crippen LogP contribution in [-0.4, -0.2) is 41.7 Å². The van der Waals surface area contributed by atoms with E-state index >= 15 is 0 Å². The molecule has 1 atom stereocenters. The molecule has 1 unspecified atom stereocenters. The van der Waals surface area contributed by atoms with Crippen LogP contribution in [0.2, 0.25) is 0 Å². The number of hydrogen-bond acceptors (Lipinski definition) is 4. The SMILES string of the molecule is CC(=O)N1CCc2cc(C(O)CCNCC(=O)O)ccc21. The number of fused-ring (bicyclic) bond motifs is 1.